The Morgan fingerprint density at radius 1 is 1.50 bits per heavy atom. The Morgan fingerprint density at radius 3 is 2.94 bits per heavy atom. The molecule has 0 fully saturated rings. The van der Waals surface area contributed by atoms with E-state index in [1.165, 1.54) is 6.92 Å². The van der Waals surface area contributed by atoms with E-state index < -0.39 is 12.3 Å². The van der Waals surface area contributed by atoms with Crippen LogP contribution in [0.1, 0.15) is 15.2 Å². The molecule has 2 rings (SSSR count). The van der Waals surface area contributed by atoms with Crippen LogP contribution in [0.3, 0.4) is 0 Å². The summed E-state index contributed by atoms with van der Waals surface area (Å²) >= 11 is 0. The lowest BCUT2D eigenvalue weighted by Crippen LogP contribution is -2.15. The summed E-state index contributed by atoms with van der Waals surface area (Å²) in [6, 6.07) is 5.27. The van der Waals surface area contributed by atoms with Crippen molar-refractivity contribution in [2.45, 2.75) is 13.3 Å². The first-order valence-electron chi connectivity index (χ1n) is 6.75. The molecule has 0 aliphatic heterocycles. The van der Waals surface area contributed by atoms with Crippen LogP contribution in [-0.4, -0.2) is 36.5 Å². The third-order valence-corrected chi connectivity index (χ3v) is 2.51. The third-order valence-electron chi connectivity index (χ3n) is 2.51. The molecule has 1 heterocycles. The fraction of sp³-hybridized carbons (Fsp3) is 0.357. The number of nitrogens with zero attached hydrogens (tertiary/aromatic N) is 1. The molecule has 1 N–H and O–H groups in total. The summed E-state index contributed by atoms with van der Waals surface area (Å²) in [4.78, 5) is 16.0. The highest BCUT2D eigenvalue weighted by molar-refractivity contribution is 5.91. The van der Waals surface area contributed by atoms with Crippen molar-refractivity contribution >= 4 is 16.9 Å². The molecular weight excluding hydrogens is 228 g/mol. The van der Waals surface area contributed by atoms with Crippen molar-refractivity contribution in [3.05, 3.63) is 30.0 Å². The lowest BCUT2D eigenvalue weighted by molar-refractivity contribution is -0.131. The van der Waals surface area contributed by atoms with Gasteiger partial charge in [-0.15, -0.1) is 0 Å². The highest BCUT2D eigenvalue weighted by Crippen LogP contribution is 2.29. The van der Waals surface area contributed by atoms with Gasteiger partial charge in [0.2, 0.25) is 0 Å². The molecule has 4 heteroatoms. The molecule has 0 amide bonds. The quantitative estimate of drug-likeness (QED) is 0.666. The van der Waals surface area contributed by atoms with Crippen LogP contribution in [0.15, 0.2) is 24.4 Å². The summed E-state index contributed by atoms with van der Waals surface area (Å²) in [6.45, 7) is 1.58. The standard InChI is InChI=1S/C14H18N2O2/c1-10(17)18-13-6-4-5-12-14(13)11(9-15-12)7-8-16(2)3/h4-6,9,15H,7-8H2,1-3H3/i7D2. The molecule has 96 valence electrons. The van der Waals surface area contributed by atoms with Gasteiger partial charge in [0.25, 0.3) is 0 Å². The second kappa shape index (κ2) is 5.23. The van der Waals surface area contributed by atoms with E-state index in [4.69, 9.17) is 7.48 Å². The van der Waals surface area contributed by atoms with Gasteiger partial charge in [-0.05, 0) is 38.2 Å². The number of aromatic nitrogens is 1. The second-order valence-electron chi connectivity index (χ2n) is 4.39. The Labute approximate surface area is 109 Å². The smallest absolute Gasteiger partial charge is 0.308 e. The van der Waals surface area contributed by atoms with Crippen molar-refractivity contribution in [3.63, 3.8) is 0 Å². The van der Waals surface area contributed by atoms with Crippen LogP contribution in [0.5, 0.6) is 5.75 Å². The van der Waals surface area contributed by atoms with Gasteiger partial charge in [-0.2, -0.15) is 0 Å². The zero-order valence-corrected chi connectivity index (χ0v) is 10.8. The van der Waals surface area contributed by atoms with E-state index in [9.17, 15) is 4.79 Å². The van der Waals surface area contributed by atoms with Gasteiger partial charge >= 0.3 is 5.97 Å². The lowest BCUT2D eigenvalue weighted by atomic mass is 10.1. The summed E-state index contributed by atoms with van der Waals surface area (Å²) in [6.07, 6.45) is 0.0964. The molecular formula is C14H18N2O2. The molecule has 0 saturated heterocycles. The number of aromatic amines is 1. The molecule has 18 heavy (non-hydrogen) atoms. The van der Waals surface area contributed by atoms with Gasteiger partial charge in [0.15, 0.2) is 0 Å². The maximum atomic E-state index is 11.2. The number of fused-ring (bicyclic) bond motifs is 1. The second-order valence-corrected chi connectivity index (χ2v) is 4.39. The van der Waals surface area contributed by atoms with Crippen LogP contribution in [0.2, 0.25) is 0 Å². The van der Waals surface area contributed by atoms with E-state index in [0.29, 0.717) is 16.7 Å². The Bertz CT molecular complexity index is 635. The SMILES string of the molecule is [2H]C([2H])(CN(C)C)c1c[nH]c2cccc(OC(C)=O)c12. The van der Waals surface area contributed by atoms with E-state index in [0.717, 1.165) is 5.52 Å². The summed E-state index contributed by atoms with van der Waals surface area (Å²) in [5.74, 6) is -0.0355. The predicted molar refractivity (Wildman–Crippen MR) is 71.9 cm³/mol. The number of esters is 1. The summed E-state index contributed by atoms with van der Waals surface area (Å²) < 4.78 is 21.7. The largest absolute Gasteiger partial charge is 0.426 e. The molecule has 0 spiro atoms. The maximum Gasteiger partial charge on any atom is 0.308 e. The summed E-state index contributed by atoms with van der Waals surface area (Å²) in [5, 5.41) is 0.620. The molecule has 0 radical (unpaired) electrons. The molecule has 4 nitrogen and oxygen atoms in total. The van der Waals surface area contributed by atoms with Gasteiger partial charge < -0.3 is 14.6 Å². The van der Waals surface area contributed by atoms with E-state index in [2.05, 4.69) is 4.98 Å². The first-order chi connectivity index (χ1) is 9.31. The zero-order chi connectivity index (χ0) is 14.9. The maximum absolute atomic E-state index is 11.2. The number of likely N-dealkylation sites (N-methyl/N-ethyl adjacent to an activating group) is 1. The van der Waals surface area contributed by atoms with Gasteiger partial charge in [0, 0.05) is 33.3 Å². The average Bonchev–Trinajstić information content (AvgIpc) is 2.71. The predicted octanol–water partition coefficient (Wildman–Crippen LogP) is 2.20. The number of rotatable bonds is 4. The molecule has 1 aromatic carbocycles. The van der Waals surface area contributed by atoms with E-state index >= 15 is 0 Å². The van der Waals surface area contributed by atoms with Gasteiger partial charge in [-0.25, -0.2) is 0 Å². The lowest BCUT2D eigenvalue weighted by Gasteiger charge is -2.09. The average molecular weight is 248 g/mol. The Morgan fingerprint density at radius 2 is 2.28 bits per heavy atom. The number of carbonyl (C=O) groups excluding carboxylic acids is 1. The van der Waals surface area contributed by atoms with Crippen LogP contribution in [0.4, 0.5) is 0 Å². The van der Waals surface area contributed by atoms with Crippen LogP contribution in [0, 0.1) is 0 Å². The van der Waals surface area contributed by atoms with Crippen LogP contribution in [0.25, 0.3) is 10.9 Å². The summed E-state index contributed by atoms with van der Waals surface area (Å²) in [5.41, 5.74) is 1.25. The molecule has 0 aliphatic rings. The topological polar surface area (TPSA) is 45.3 Å². The fourth-order valence-electron chi connectivity index (χ4n) is 1.77. The normalized spacial score (nSPS) is 13.6. The number of hydrogen-bond acceptors (Lipinski definition) is 3. The van der Waals surface area contributed by atoms with Crippen molar-refractivity contribution in [2.75, 3.05) is 20.6 Å². The Balaban J connectivity index is 2.57. The number of carbonyl (C=O) groups is 1. The molecule has 0 aliphatic carbocycles. The Kier molecular flexibility index (Phi) is 2.95. The van der Waals surface area contributed by atoms with Crippen molar-refractivity contribution in [1.29, 1.82) is 0 Å². The van der Waals surface area contributed by atoms with Gasteiger partial charge in [0.1, 0.15) is 5.75 Å². The highest BCUT2D eigenvalue weighted by atomic mass is 16.5. The zero-order valence-electron chi connectivity index (χ0n) is 12.8. The van der Waals surface area contributed by atoms with E-state index in [1.807, 2.05) is 20.2 Å². The monoisotopic (exact) mass is 248 g/mol. The number of nitrogens with one attached hydrogen (secondary N) is 1. The van der Waals surface area contributed by atoms with Crippen molar-refractivity contribution in [3.8, 4) is 5.75 Å². The molecule has 2 aromatic rings. The van der Waals surface area contributed by atoms with Gasteiger partial charge in [-0.3, -0.25) is 4.79 Å². The fourth-order valence-corrected chi connectivity index (χ4v) is 1.77. The number of ether oxygens (including phenoxy) is 1. The van der Waals surface area contributed by atoms with Crippen molar-refractivity contribution in [1.82, 2.24) is 9.88 Å². The van der Waals surface area contributed by atoms with Crippen molar-refractivity contribution < 1.29 is 12.3 Å². The number of benzene rings is 1. The van der Waals surface area contributed by atoms with Crippen LogP contribution in [-0.2, 0) is 11.2 Å². The minimum Gasteiger partial charge on any atom is -0.426 e. The van der Waals surface area contributed by atoms with Gasteiger partial charge in [0.05, 0.1) is 0 Å². The summed E-state index contributed by atoms with van der Waals surface area (Å²) in [7, 11) is 3.64. The first-order valence-corrected chi connectivity index (χ1v) is 5.75. The molecule has 0 bridgehead atoms. The molecule has 0 saturated carbocycles. The van der Waals surface area contributed by atoms with E-state index in [-0.39, 0.29) is 6.54 Å². The molecule has 0 unspecified atom stereocenters. The first kappa shape index (κ1) is 10.1. The molecule has 1 aromatic heterocycles. The van der Waals surface area contributed by atoms with Crippen LogP contribution < -0.4 is 4.74 Å². The minimum atomic E-state index is -1.54. The number of H-pyrrole nitrogens is 1. The van der Waals surface area contributed by atoms with E-state index in [1.54, 1.807) is 23.2 Å². The highest BCUT2D eigenvalue weighted by Gasteiger charge is 2.11. The van der Waals surface area contributed by atoms with Crippen LogP contribution >= 0.6 is 0 Å². The minimum absolute atomic E-state index is 0.244. The Hall–Kier alpha value is -1.81. The molecule has 0 atom stereocenters. The third kappa shape index (κ3) is 2.71. The van der Waals surface area contributed by atoms with Crippen molar-refractivity contribution in [2.24, 2.45) is 0 Å². The number of hydrogen-bond donors (Lipinski definition) is 1. The van der Waals surface area contributed by atoms with Gasteiger partial charge in [-0.1, -0.05) is 6.07 Å².